The van der Waals surface area contributed by atoms with Crippen molar-refractivity contribution < 1.29 is 4.79 Å². The zero-order chi connectivity index (χ0) is 22.9. The van der Waals surface area contributed by atoms with E-state index in [9.17, 15) is 4.79 Å². The van der Waals surface area contributed by atoms with Crippen LogP contribution in [0.25, 0.3) is 5.69 Å². The predicted octanol–water partition coefficient (Wildman–Crippen LogP) is 5.99. The molecule has 1 aliphatic rings. The minimum absolute atomic E-state index is 0.119. The summed E-state index contributed by atoms with van der Waals surface area (Å²) < 4.78 is 2.21. The van der Waals surface area contributed by atoms with Crippen LogP contribution in [0.3, 0.4) is 0 Å². The summed E-state index contributed by atoms with van der Waals surface area (Å²) in [4.78, 5) is 17.7. The van der Waals surface area contributed by atoms with Gasteiger partial charge in [0.15, 0.2) is 0 Å². The number of urea groups is 1. The van der Waals surface area contributed by atoms with Crippen molar-refractivity contribution in [1.82, 2.24) is 9.47 Å². The van der Waals surface area contributed by atoms with Crippen molar-refractivity contribution in [3.05, 3.63) is 114 Å². The third-order valence-electron chi connectivity index (χ3n) is 6.22. The lowest BCUT2D eigenvalue weighted by atomic mass is 10.0. The van der Waals surface area contributed by atoms with Gasteiger partial charge < -0.3 is 19.7 Å². The summed E-state index contributed by atoms with van der Waals surface area (Å²) in [6.45, 7) is 2.54. The van der Waals surface area contributed by atoms with Crippen LogP contribution >= 0.6 is 0 Å². The number of hydrogen-bond donors (Lipinski definition) is 1. The van der Waals surface area contributed by atoms with Gasteiger partial charge in [-0.3, -0.25) is 0 Å². The van der Waals surface area contributed by atoms with E-state index in [1.807, 2.05) is 62.3 Å². The zero-order valence-electron chi connectivity index (χ0n) is 19.2. The maximum Gasteiger partial charge on any atom is 0.322 e. The predicted molar refractivity (Wildman–Crippen MR) is 134 cm³/mol. The van der Waals surface area contributed by atoms with Gasteiger partial charge in [-0.1, -0.05) is 42.5 Å². The fraction of sp³-hybridized carbons (Fsp3) is 0.179. The van der Waals surface area contributed by atoms with Crippen LogP contribution in [-0.4, -0.2) is 29.6 Å². The van der Waals surface area contributed by atoms with Gasteiger partial charge in [0.05, 0.1) is 18.3 Å². The van der Waals surface area contributed by atoms with E-state index in [-0.39, 0.29) is 12.1 Å². The first-order chi connectivity index (χ1) is 16.0. The molecule has 1 atom stereocenters. The Bertz CT molecular complexity index is 1290. The Morgan fingerprint density at radius 3 is 2.48 bits per heavy atom. The van der Waals surface area contributed by atoms with E-state index in [1.54, 1.807) is 0 Å². The molecule has 5 rings (SSSR count). The highest BCUT2D eigenvalue weighted by atomic mass is 16.2. The molecular formula is C28H28N4O. The summed E-state index contributed by atoms with van der Waals surface area (Å²) >= 11 is 0. The number of aromatic nitrogens is 1. The van der Waals surface area contributed by atoms with Crippen molar-refractivity contribution >= 4 is 17.4 Å². The molecule has 5 heteroatoms. The molecule has 5 nitrogen and oxygen atoms in total. The average Bonchev–Trinajstić information content (AvgIpc) is 3.23. The van der Waals surface area contributed by atoms with Crippen LogP contribution in [0.4, 0.5) is 16.2 Å². The quantitative estimate of drug-likeness (QED) is 0.429. The monoisotopic (exact) mass is 436 g/mol. The van der Waals surface area contributed by atoms with Gasteiger partial charge in [0.1, 0.15) is 0 Å². The van der Waals surface area contributed by atoms with E-state index >= 15 is 0 Å². The molecule has 0 radical (unpaired) electrons. The molecule has 1 N–H and O–H groups in total. The van der Waals surface area contributed by atoms with Gasteiger partial charge in [-0.2, -0.15) is 0 Å². The Kier molecular flexibility index (Phi) is 5.38. The number of fused-ring (bicyclic) bond motifs is 3. The highest BCUT2D eigenvalue weighted by Crippen LogP contribution is 2.37. The Hall–Kier alpha value is -3.99. The number of rotatable bonds is 3. The number of carbonyl (C=O) groups is 1. The van der Waals surface area contributed by atoms with Gasteiger partial charge >= 0.3 is 6.03 Å². The van der Waals surface area contributed by atoms with Crippen molar-refractivity contribution in [2.24, 2.45) is 0 Å². The number of amides is 2. The zero-order valence-corrected chi connectivity index (χ0v) is 19.2. The molecule has 1 aliphatic heterocycles. The van der Waals surface area contributed by atoms with Crippen LogP contribution in [0.5, 0.6) is 0 Å². The average molecular weight is 437 g/mol. The van der Waals surface area contributed by atoms with Gasteiger partial charge in [-0.05, 0) is 66.1 Å². The van der Waals surface area contributed by atoms with Crippen LogP contribution in [0.2, 0.25) is 0 Å². The lowest BCUT2D eigenvalue weighted by molar-refractivity contribution is 0.194. The minimum atomic E-state index is -0.228. The summed E-state index contributed by atoms with van der Waals surface area (Å²) in [5.41, 5.74) is 7.40. The summed E-state index contributed by atoms with van der Waals surface area (Å²) in [5.74, 6) is 0. The molecule has 0 bridgehead atoms. The van der Waals surface area contributed by atoms with Crippen molar-refractivity contribution in [3.8, 4) is 5.69 Å². The molecule has 0 unspecified atom stereocenters. The normalized spacial score (nSPS) is 14.8. The second-order valence-electron chi connectivity index (χ2n) is 8.75. The minimum Gasteiger partial charge on any atom is -0.378 e. The molecular weight excluding hydrogens is 408 g/mol. The highest BCUT2D eigenvalue weighted by Gasteiger charge is 2.33. The molecule has 0 saturated carbocycles. The number of hydrogen-bond acceptors (Lipinski definition) is 2. The van der Waals surface area contributed by atoms with Crippen molar-refractivity contribution in [3.63, 3.8) is 0 Å². The number of carbonyl (C=O) groups excluding carboxylic acids is 1. The van der Waals surface area contributed by atoms with E-state index in [1.165, 1.54) is 0 Å². The van der Waals surface area contributed by atoms with Gasteiger partial charge in [-0.15, -0.1) is 0 Å². The van der Waals surface area contributed by atoms with Crippen LogP contribution in [0.15, 0.2) is 91.1 Å². The fourth-order valence-electron chi connectivity index (χ4n) is 4.56. The number of nitrogens with zero attached hydrogens (tertiary/aromatic N) is 3. The van der Waals surface area contributed by atoms with E-state index in [4.69, 9.17) is 0 Å². The SMILES string of the molecule is Cc1cccc(NC(=O)N2Cc3ccccc3-n3cccc3[C@@H]2c2ccc(N(C)C)cc2)c1. The molecule has 0 saturated heterocycles. The van der Waals surface area contributed by atoms with Crippen LogP contribution in [0.1, 0.15) is 28.4 Å². The van der Waals surface area contributed by atoms with E-state index < -0.39 is 0 Å². The van der Waals surface area contributed by atoms with E-state index in [2.05, 4.69) is 69.5 Å². The topological polar surface area (TPSA) is 40.5 Å². The number of nitrogens with one attached hydrogen (secondary N) is 1. The summed E-state index contributed by atoms with van der Waals surface area (Å²) in [7, 11) is 4.06. The van der Waals surface area contributed by atoms with E-state index in [0.29, 0.717) is 6.54 Å². The Labute approximate surface area is 194 Å². The summed E-state index contributed by atoms with van der Waals surface area (Å²) in [6.07, 6.45) is 2.08. The number of benzene rings is 3. The highest BCUT2D eigenvalue weighted by molar-refractivity contribution is 5.90. The number of para-hydroxylation sites is 1. The first kappa shape index (κ1) is 20.9. The molecule has 0 spiro atoms. The van der Waals surface area contributed by atoms with Crippen LogP contribution in [0, 0.1) is 6.92 Å². The molecule has 33 heavy (non-hydrogen) atoms. The van der Waals surface area contributed by atoms with Crippen LogP contribution in [-0.2, 0) is 6.54 Å². The first-order valence-corrected chi connectivity index (χ1v) is 11.2. The molecule has 2 amide bonds. The van der Waals surface area contributed by atoms with Crippen molar-refractivity contribution in [2.45, 2.75) is 19.5 Å². The molecule has 0 fully saturated rings. The molecule has 2 heterocycles. The van der Waals surface area contributed by atoms with E-state index in [0.717, 1.165) is 39.4 Å². The summed E-state index contributed by atoms with van der Waals surface area (Å²) in [6, 6.07) is 28.5. The smallest absolute Gasteiger partial charge is 0.322 e. The van der Waals surface area contributed by atoms with Gasteiger partial charge in [-0.25, -0.2) is 4.79 Å². The lowest BCUT2D eigenvalue weighted by Gasteiger charge is -2.31. The van der Waals surface area contributed by atoms with Crippen molar-refractivity contribution in [1.29, 1.82) is 0 Å². The third-order valence-corrected chi connectivity index (χ3v) is 6.22. The first-order valence-electron chi connectivity index (χ1n) is 11.2. The molecule has 0 aliphatic carbocycles. The van der Waals surface area contributed by atoms with Gasteiger partial charge in [0.25, 0.3) is 0 Å². The van der Waals surface area contributed by atoms with Gasteiger partial charge in [0.2, 0.25) is 0 Å². The fourth-order valence-corrected chi connectivity index (χ4v) is 4.56. The van der Waals surface area contributed by atoms with Crippen LogP contribution < -0.4 is 10.2 Å². The number of anilines is 2. The Morgan fingerprint density at radius 2 is 1.73 bits per heavy atom. The standard InChI is InChI=1S/C28H28N4O/c1-20-8-6-10-23(18-20)29-28(33)32-19-22-9-4-5-11-25(22)31-17-7-12-26(31)27(32)21-13-15-24(16-14-21)30(2)3/h4-18,27H,19H2,1-3H3,(H,29,33)/t27-/m0/s1. The second-order valence-corrected chi connectivity index (χ2v) is 8.75. The largest absolute Gasteiger partial charge is 0.378 e. The summed E-state index contributed by atoms with van der Waals surface area (Å²) in [5, 5.41) is 3.13. The lowest BCUT2D eigenvalue weighted by Crippen LogP contribution is -2.37. The second kappa shape index (κ2) is 8.51. The maximum absolute atomic E-state index is 13.7. The van der Waals surface area contributed by atoms with Crippen molar-refractivity contribution in [2.75, 3.05) is 24.3 Å². The van der Waals surface area contributed by atoms with Gasteiger partial charge in [0, 0.05) is 37.4 Å². The number of aryl methyl sites for hydroxylation is 1. The maximum atomic E-state index is 13.7. The molecule has 166 valence electrons. The molecule has 1 aromatic heterocycles. The Balaban J connectivity index is 1.61. The third kappa shape index (κ3) is 3.98. The molecule has 3 aromatic carbocycles. The molecule has 4 aromatic rings. The Morgan fingerprint density at radius 1 is 0.939 bits per heavy atom.